The summed E-state index contributed by atoms with van der Waals surface area (Å²) in [5.74, 6) is 0.174. The van der Waals surface area contributed by atoms with Crippen molar-refractivity contribution in [3.63, 3.8) is 0 Å². The van der Waals surface area contributed by atoms with Crippen molar-refractivity contribution in [1.29, 1.82) is 0 Å². The summed E-state index contributed by atoms with van der Waals surface area (Å²) in [6.07, 6.45) is 0.141. The lowest BCUT2D eigenvalue weighted by molar-refractivity contribution is -0.432. The molecule has 1 saturated heterocycles. The first kappa shape index (κ1) is 13.5. The highest BCUT2D eigenvalue weighted by atomic mass is 35.5. The van der Waals surface area contributed by atoms with E-state index in [9.17, 15) is 14.9 Å². The summed E-state index contributed by atoms with van der Waals surface area (Å²) in [5.41, 5.74) is 0.892. The van der Waals surface area contributed by atoms with Crippen LogP contribution in [0.2, 0.25) is 5.02 Å². The summed E-state index contributed by atoms with van der Waals surface area (Å²) < 4.78 is 0. The molecule has 20 heavy (non-hydrogen) atoms. The highest BCUT2D eigenvalue weighted by Crippen LogP contribution is 2.43. The summed E-state index contributed by atoms with van der Waals surface area (Å²) in [5, 5.41) is 12.5. The predicted octanol–water partition coefficient (Wildman–Crippen LogP) is 2.85. The Labute approximate surface area is 124 Å². The smallest absolute Gasteiger partial charge is 0.284 e. The molecule has 2 aliphatic heterocycles. The van der Waals surface area contributed by atoms with Gasteiger partial charge in [0.1, 0.15) is 0 Å². The van der Waals surface area contributed by atoms with Gasteiger partial charge in [0.15, 0.2) is 5.03 Å². The molecule has 0 bridgehead atoms. The average Bonchev–Trinajstić information content (AvgIpc) is 2.88. The Bertz CT molecular complexity index is 615. The number of nitro groups is 1. The van der Waals surface area contributed by atoms with Crippen molar-refractivity contribution < 1.29 is 9.72 Å². The van der Waals surface area contributed by atoms with E-state index in [0.29, 0.717) is 22.3 Å². The van der Waals surface area contributed by atoms with Crippen LogP contribution in [0.15, 0.2) is 35.0 Å². The van der Waals surface area contributed by atoms with Gasteiger partial charge in [-0.15, -0.1) is 0 Å². The van der Waals surface area contributed by atoms with Gasteiger partial charge in [0.05, 0.1) is 10.8 Å². The van der Waals surface area contributed by atoms with Crippen LogP contribution in [0.3, 0.4) is 0 Å². The Balaban J connectivity index is 2.09. The molecule has 2 aliphatic rings. The lowest BCUT2D eigenvalue weighted by Gasteiger charge is -2.27. The molecule has 1 fully saturated rings. The van der Waals surface area contributed by atoms with Crippen LogP contribution < -0.4 is 0 Å². The van der Waals surface area contributed by atoms with Gasteiger partial charge in [-0.05, 0) is 17.7 Å². The lowest BCUT2D eigenvalue weighted by Crippen LogP contribution is -2.35. The van der Waals surface area contributed by atoms with Gasteiger partial charge in [0.25, 0.3) is 5.70 Å². The van der Waals surface area contributed by atoms with Crippen LogP contribution in [0.25, 0.3) is 0 Å². The number of rotatable bonds is 2. The molecule has 7 heteroatoms. The highest BCUT2D eigenvalue weighted by Gasteiger charge is 2.43. The molecule has 0 N–H and O–H groups in total. The number of thioether (sulfide) groups is 1. The first-order chi connectivity index (χ1) is 9.58. The Morgan fingerprint density at radius 3 is 2.70 bits per heavy atom. The molecule has 0 aromatic heterocycles. The van der Waals surface area contributed by atoms with E-state index in [1.807, 2.05) is 0 Å². The van der Waals surface area contributed by atoms with E-state index in [2.05, 4.69) is 0 Å². The topological polar surface area (TPSA) is 63.4 Å². The Morgan fingerprint density at radius 2 is 2.05 bits per heavy atom. The van der Waals surface area contributed by atoms with E-state index >= 15 is 0 Å². The molecular weight excluding hydrogens is 300 g/mol. The maximum Gasteiger partial charge on any atom is 0.284 e. The molecule has 0 saturated carbocycles. The van der Waals surface area contributed by atoms with Crippen molar-refractivity contribution in [2.45, 2.75) is 12.3 Å². The number of hydrogen-bond acceptors (Lipinski definition) is 4. The van der Waals surface area contributed by atoms with Gasteiger partial charge < -0.3 is 4.90 Å². The number of carbonyl (C=O) groups is 1. The van der Waals surface area contributed by atoms with E-state index in [-0.39, 0.29) is 22.9 Å². The summed E-state index contributed by atoms with van der Waals surface area (Å²) in [6.45, 7) is 0.559. The third-order valence-electron chi connectivity index (χ3n) is 3.50. The Morgan fingerprint density at radius 1 is 1.35 bits per heavy atom. The van der Waals surface area contributed by atoms with Gasteiger partial charge in [-0.1, -0.05) is 35.5 Å². The number of benzene rings is 1. The molecule has 2 heterocycles. The van der Waals surface area contributed by atoms with Crippen LogP contribution in [0, 0.1) is 10.1 Å². The zero-order chi connectivity index (χ0) is 14.3. The molecule has 1 unspecified atom stereocenters. The number of amides is 1. The fraction of sp³-hybridized carbons (Fsp3) is 0.308. The van der Waals surface area contributed by atoms with Crippen LogP contribution in [0.4, 0.5) is 0 Å². The third-order valence-corrected chi connectivity index (χ3v) is 4.84. The highest BCUT2D eigenvalue weighted by molar-refractivity contribution is 8.03. The number of hydrogen-bond donors (Lipinski definition) is 0. The first-order valence-corrected chi connectivity index (χ1v) is 7.51. The average molecular weight is 311 g/mol. The molecule has 1 atom stereocenters. The minimum atomic E-state index is -0.494. The molecule has 0 spiro atoms. The largest absolute Gasteiger partial charge is 0.301 e. The summed E-state index contributed by atoms with van der Waals surface area (Å²) in [6, 6.07) is 6.88. The second-order valence-electron chi connectivity index (χ2n) is 4.65. The number of nitrogens with zero attached hydrogens (tertiary/aromatic N) is 2. The number of fused-ring (bicyclic) bond motifs is 1. The van der Waals surface area contributed by atoms with Gasteiger partial charge >= 0.3 is 0 Å². The molecule has 1 aromatic carbocycles. The monoisotopic (exact) mass is 310 g/mol. The van der Waals surface area contributed by atoms with Crippen LogP contribution in [0.5, 0.6) is 0 Å². The predicted molar refractivity (Wildman–Crippen MR) is 77.0 cm³/mol. The van der Waals surface area contributed by atoms with E-state index in [0.717, 1.165) is 5.56 Å². The third kappa shape index (κ3) is 2.19. The molecular formula is C13H11ClN2O3S. The molecule has 1 aromatic rings. The van der Waals surface area contributed by atoms with E-state index in [1.54, 1.807) is 24.3 Å². The molecule has 5 nitrogen and oxygen atoms in total. The van der Waals surface area contributed by atoms with Gasteiger partial charge in [0, 0.05) is 23.7 Å². The van der Waals surface area contributed by atoms with E-state index in [4.69, 9.17) is 11.6 Å². The Kier molecular flexibility index (Phi) is 3.43. The van der Waals surface area contributed by atoms with Crippen LogP contribution >= 0.6 is 23.4 Å². The second kappa shape index (κ2) is 5.10. The van der Waals surface area contributed by atoms with Gasteiger partial charge in [-0.3, -0.25) is 14.9 Å². The van der Waals surface area contributed by atoms with E-state index in [1.165, 1.54) is 16.7 Å². The van der Waals surface area contributed by atoms with Crippen LogP contribution in [-0.2, 0) is 4.79 Å². The maximum absolute atomic E-state index is 12.1. The van der Waals surface area contributed by atoms with Crippen molar-refractivity contribution in [3.8, 4) is 0 Å². The molecule has 0 aliphatic carbocycles. The minimum absolute atomic E-state index is 0.0458. The first-order valence-electron chi connectivity index (χ1n) is 6.15. The van der Waals surface area contributed by atoms with Gasteiger partial charge in [-0.25, -0.2) is 0 Å². The van der Waals surface area contributed by atoms with Gasteiger partial charge in [0.2, 0.25) is 5.91 Å². The molecule has 104 valence electrons. The Hall–Kier alpha value is -1.53. The fourth-order valence-corrected chi connectivity index (χ4v) is 3.88. The number of allylic oxidation sites excluding steroid dienone is 1. The zero-order valence-corrected chi connectivity index (χ0v) is 12.0. The molecule has 3 rings (SSSR count). The summed E-state index contributed by atoms with van der Waals surface area (Å²) in [4.78, 5) is 24.7. The van der Waals surface area contributed by atoms with Gasteiger partial charge in [-0.2, -0.15) is 0 Å². The molecule has 0 radical (unpaired) electrons. The second-order valence-corrected chi connectivity index (χ2v) is 6.17. The molecule has 1 amide bonds. The number of halogens is 1. The van der Waals surface area contributed by atoms with Crippen molar-refractivity contribution in [3.05, 3.63) is 55.7 Å². The quantitative estimate of drug-likeness (QED) is 0.622. The van der Waals surface area contributed by atoms with Crippen molar-refractivity contribution in [1.82, 2.24) is 4.90 Å². The van der Waals surface area contributed by atoms with Crippen LogP contribution in [0.1, 0.15) is 17.9 Å². The summed E-state index contributed by atoms with van der Waals surface area (Å²) >= 11 is 7.23. The standard InChI is InChI=1S/C13H11ClN2O3S/c14-9-3-1-8(2-4-9)10-7-11(17)15-5-6-20-13(15)12(10)16(18)19/h1-4,10H,5-7H2. The maximum atomic E-state index is 12.1. The summed E-state index contributed by atoms with van der Waals surface area (Å²) in [7, 11) is 0. The fourth-order valence-electron chi connectivity index (χ4n) is 2.57. The SMILES string of the molecule is O=C1CC(c2ccc(Cl)cc2)C([N+](=O)[O-])=C2SCCN12. The normalized spacial score (nSPS) is 22.1. The van der Waals surface area contributed by atoms with E-state index < -0.39 is 5.92 Å². The minimum Gasteiger partial charge on any atom is -0.301 e. The van der Waals surface area contributed by atoms with Crippen LogP contribution in [-0.4, -0.2) is 28.0 Å². The van der Waals surface area contributed by atoms with Crippen molar-refractivity contribution >= 4 is 29.3 Å². The van der Waals surface area contributed by atoms with Crippen molar-refractivity contribution in [2.24, 2.45) is 0 Å². The lowest BCUT2D eigenvalue weighted by atomic mass is 9.90. The zero-order valence-electron chi connectivity index (χ0n) is 10.4. The number of carbonyl (C=O) groups excluding carboxylic acids is 1. The van der Waals surface area contributed by atoms with Crippen molar-refractivity contribution in [2.75, 3.05) is 12.3 Å².